The van der Waals surface area contributed by atoms with Crippen molar-refractivity contribution >= 4 is 23.6 Å². The van der Waals surface area contributed by atoms with Crippen LogP contribution in [-0.4, -0.2) is 52.7 Å². The first-order valence-corrected chi connectivity index (χ1v) is 15.3. The van der Waals surface area contributed by atoms with Gasteiger partial charge in [0.2, 0.25) is 5.91 Å². The molecule has 0 bridgehead atoms. The van der Waals surface area contributed by atoms with Gasteiger partial charge in [-0.2, -0.15) is 0 Å². The molecule has 0 unspecified atom stereocenters. The molecule has 0 saturated heterocycles. The van der Waals surface area contributed by atoms with E-state index in [1.807, 2.05) is 45.4 Å². The molecular formula is C35H45N5O4. The lowest BCUT2D eigenvalue weighted by molar-refractivity contribution is -0.129. The quantitative estimate of drug-likeness (QED) is 0.117. The molecule has 4 rings (SSSR count). The normalized spacial score (nSPS) is 12.2. The summed E-state index contributed by atoms with van der Waals surface area (Å²) in [6.07, 6.45) is 10.2. The van der Waals surface area contributed by atoms with Crippen molar-refractivity contribution in [3.63, 3.8) is 0 Å². The second-order valence-electron chi connectivity index (χ2n) is 12.4. The molecule has 0 spiro atoms. The summed E-state index contributed by atoms with van der Waals surface area (Å²) in [5, 5.41) is 6.91. The smallest absolute Gasteiger partial charge is 0.246 e. The van der Waals surface area contributed by atoms with Crippen molar-refractivity contribution in [3.05, 3.63) is 78.2 Å². The average molecular weight is 600 g/mol. The minimum absolute atomic E-state index is 0.0377. The molecule has 1 amide bonds. The third kappa shape index (κ3) is 8.44. The van der Waals surface area contributed by atoms with Crippen molar-refractivity contribution in [2.45, 2.75) is 73.3 Å². The highest BCUT2D eigenvalue weighted by atomic mass is 16.5. The number of amides is 1. The van der Waals surface area contributed by atoms with Gasteiger partial charge in [-0.05, 0) is 80.5 Å². The van der Waals surface area contributed by atoms with Crippen molar-refractivity contribution < 1.29 is 18.8 Å². The monoisotopic (exact) mass is 599 g/mol. The summed E-state index contributed by atoms with van der Waals surface area (Å²) in [6.45, 7) is 13.1. The van der Waals surface area contributed by atoms with Gasteiger partial charge in [0, 0.05) is 48.2 Å². The minimum atomic E-state index is -0.530. The van der Waals surface area contributed by atoms with Crippen LogP contribution in [0.15, 0.2) is 65.7 Å². The van der Waals surface area contributed by atoms with Crippen LogP contribution in [0.25, 0.3) is 16.8 Å². The topological polar surface area (TPSA) is 102 Å². The number of benzene rings is 2. The highest BCUT2D eigenvalue weighted by molar-refractivity contribution is 5.81. The van der Waals surface area contributed by atoms with Gasteiger partial charge in [-0.1, -0.05) is 50.9 Å². The Bertz CT molecular complexity index is 1480. The summed E-state index contributed by atoms with van der Waals surface area (Å²) in [5.74, 6) is 0.548. The Kier molecular flexibility index (Phi) is 11.1. The highest BCUT2D eigenvalue weighted by Crippen LogP contribution is 2.35. The number of carbonyl (C=O) groups is 2. The summed E-state index contributed by atoms with van der Waals surface area (Å²) in [5.41, 5.74) is 7.19. The summed E-state index contributed by atoms with van der Waals surface area (Å²) in [7, 11) is 0. The Morgan fingerprint density at radius 1 is 1.07 bits per heavy atom. The van der Waals surface area contributed by atoms with Crippen LogP contribution >= 0.6 is 0 Å². The first-order chi connectivity index (χ1) is 21.1. The average Bonchev–Trinajstić information content (AvgIpc) is 3.65. The maximum Gasteiger partial charge on any atom is 0.246 e. The Labute approximate surface area is 260 Å². The van der Waals surface area contributed by atoms with Crippen LogP contribution in [0, 0.1) is 26.2 Å². The van der Waals surface area contributed by atoms with E-state index in [0.29, 0.717) is 6.61 Å². The number of rotatable bonds is 15. The van der Waals surface area contributed by atoms with E-state index in [1.54, 1.807) is 12.5 Å². The first-order valence-electron chi connectivity index (χ1n) is 15.3. The van der Waals surface area contributed by atoms with Crippen LogP contribution in [0.2, 0.25) is 0 Å². The van der Waals surface area contributed by atoms with E-state index in [2.05, 4.69) is 69.7 Å². The molecule has 4 aromatic rings. The molecule has 1 atom stereocenters. The molecule has 9 heteroatoms. The summed E-state index contributed by atoms with van der Waals surface area (Å²) in [4.78, 5) is 30.0. The Balaban J connectivity index is 1.38. The molecule has 0 saturated carbocycles. The molecule has 0 radical (unpaired) electrons. The number of anilines is 2. The largest absolute Gasteiger partial charge is 0.372 e. The Morgan fingerprint density at radius 3 is 2.45 bits per heavy atom. The van der Waals surface area contributed by atoms with Crippen LogP contribution in [0.5, 0.6) is 0 Å². The summed E-state index contributed by atoms with van der Waals surface area (Å²) < 4.78 is 13.0. The van der Waals surface area contributed by atoms with Crippen molar-refractivity contribution in [2.24, 2.45) is 5.41 Å². The fraction of sp³-hybridized carbons (Fsp3) is 0.429. The van der Waals surface area contributed by atoms with Gasteiger partial charge in [-0.15, -0.1) is 0 Å². The third-order valence-corrected chi connectivity index (χ3v) is 7.83. The van der Waals surface area contributed by atoms with Gasteiger partial charge in [0.1, 0.15) is 18.7 Å². The van der Waals surface area contributed by atoms with Gasteiger partial charge in [0.05, 0.1) is 18.1 Å². The predicted molar refractivity (Wildman–Crippen MR) is 173 cm³/mol. The molecule has 234 valence electrons. The maximum atomic E-state index is 12.2. The van der Waals surface area contributed by atoms with Crippen molar-refractivity contribution in [1.29, 1.82) is 0 Å². The van der Waals surface area contributed by atoms with E-state index in [0.717, 1.165) is 78.2 Å². The van der Waals surface area contributed by atoms with Gasteiger partial charge in [0.15, 0.2) is 0 Å². The lowest BCUT2D eigenvalue weighted by Crippen LogP contribution is -2.46. The van der Waals surface area contributed by atoms with Gasteiger partial charge in [-0.3, -0.25) is 4.79 Å². The number of hydrogen-bond acceptors (Lipinski definition) is 7. The van der Waals surface area contributed by atoms with Crippen LogP contribution < -0.4 is 10.2 Å². The van der Waals surface area contributed by atoms with Gasteiger partial charge in [-0.25, -0.2) is 4.98 Å². The number of aldehydes is 1. The third-order valence-electron chi connectivity index (χ3n) is 7.83. The molecule has 0 aliphatic heterocycles. The zero-order valence-corrected chi connectivity index (χ0v) is 26.8. The standard InChI is InChI=1S/C35H45N5O4/c1-25-11-12-28(34-26(2)38-44-27(34)3)21-31(25)40(30-15-13-29(14-16-30)39-19-17-36-24-39)18-9-7-8-10-20-43-23-33(42)37-32(22-41)35(4,5)6/h11-17,19,21-22,24,32H,7-10,18,20,23H2,1-6H3,(H,37,42)/t32-/m1/s1. The number of carbonyl (C=O) groups excluding carboxylic acids is 2. The zero-order valence-electron chi connectivity index (χ0n) is 26.8. The van der Waals surface area contributed by atoms with E-state index < -0.39 is 6.04 Å². The second kappa shape index (κ2) is 15.0. The SMILES string of the molecule is Cc1ccc(-c2c(C)noc2C)cc1N(CCCCCCOCC(=O)N[C@H](C=O)C(C)(C)C)c1ccc(-n2ccnc2)cc1. The minimum Gasteiger partial charge on any atom is -0.372 e. The first kappa shape index (κ1) is 32.7. The Hall–Kier alpha value is -4.24. The van der Waals surface area contributed by atoms with Crippen molar-refractivity contribution in [2.75, 3.05) is 24.7 Å². The van der Waals surface area contributed by atoms with Crippen LogP contribution in [0.1, 0.15) is 63.5 Å². The zero-order chi connectivity index (χ0) is 31.7. The molecule has 2 heterocycles. The second-order valence-corrected chi connectivity index (χ2v) is 12.4. The van der Waals surface area contributed by atoms with E-state index in [-0.39, 0.29) is 17.9 Å². The molecule has 44 heavy (non-hydrogen) atoms. The summed E-state index contributed by atoms with van der Waals surface area (Å²) in [6, 6.07) is 14.5. The Morgan fingerprint density at radius 2 is 1.82 bits per heavy atom. The number of ether oxygens (including phenoxy) is 1. The number of imidazole rings is 1. The van der Waals surface area contributed by atoms with Gasteiger partial charge < -0.3 is 28.8 Å². The molecule has 0 aliphatic carbocycles. The number of nitrogens with zero attached hydrogens (tertiary/aromatic N) is 4. The molecule has 2 aromatic carbocycles. The molecular weight excluding hydrogens is 554 g/mol. The molecule has 1 N–H and O–H groups in total. The maximum absolute atomic E-state index is 12.2. The van der Waals surface area contributed by atoms with Crippen LogP contribution in [-0.2, 0) is 14.3 Å². The van der Waals surface area contributed by atoms with Crippen molar-refractivity contribution in [3.8, 4) is 16.8 Å². The lowest BCUT2D eigenvalue weighted by Gasteiger charge is -2.28. The lowest BCUT2D eigenvalue weighted by atomic mass is 9.88. The van der Waals surface area contributed by atoms with Crippen LogP contribution in [0.4, 0.5) is 11.4 Å². The molecule has 0 fully saturated rings. The van der Waals surface area contributed by atoms with E-state index in [9.17, 15) is 9.59 Å². The van der Waals surface area contributed by atoms with Crippen molar-refractivity contribution in [1.82, 2.24) is 20.0 Å². The molecule has 0 aliphatic rings. The van der Waals surface area contributed by atoms with E-state index in [4.69, 9.17) is 9.26 Å². The number of aryl methyl sites for hydroxylation is 3. The van der Waals surface area contributed by atoms with Crippen LogP contribution in [0.3, 0.4) is 0 Å². The van der Waals surface area contributed by atoms with E-state index >= 15 is 0 Å². The predicted octanol–water partition coefficient (Wildman–Crippen LogP) is 6.90. The van der Waals surface area contributed by atoms with E-state index in [1.165, 1.54) is 5.56 Å². The number of unbranched alkanes of at least 4 members (excludes halogenated alkanes) is 3. The number of aromatic nitrogens is 3. The van der Waals surface area contributed by atoms with Gasteiger partial charge >= 0.3 is 0 Å². The number of nitrogens with one attached hydrogen (secondary N) is 1. The highest BCUT2D eigenvalue weighted by Gasteiger charge is 2.25. The summed E-state index contributed by atoms with van der Waals surface area (Å²) >= 11 is 0. The number of hydrogen-bond donors (Lipinski definition) is 1. The van der Waals surface area contributed by atoms with Gasteiger partial charge in [0.25, 0.3) is 0 Å². The molecule has 2 aromatic heterocycles. The fourth-order valence-electron chi connectivity index (χ4n) is 5.22. The fourth-order valence-corrected chi connectivity index (χ4v) is 5.22. The molecule has 9 nitrogen and oxygen atoms in total.